The fourth-order valence-corrected chi connectivity index (χ4v) is 0.693. The van der Waals surface area contributed by atoms with Gasteiger partial charge in [0.15, 0.2) is 0 Å². The van der Waals surface area contributed by atoms with Gasteiger partial charge in [-0.3, -0.25) is 0 Å². The second kappa shape index (κ2) is 10.4. The predicted octanol–water partition coefficient (Wildman–Crippen LogP) is 0.114. The van der Waals surface area contributed by atoms with Crippen molar-refractivity contribution in [2.75, 3.05) is 54.5 Å². The zero-order valence-electron chi connectivity index (χ0n) is 10.6. The van der Waals surface area contributed by atoms with Crippen molar-refractivity contribution in [3.63, 3.8) is 0 Å². The van der Waals surface area contributed by atoms with E-state index in [9.17, 15) is 0 Å². The molecule has 0 N–H and O–H groups in total. The average Bonchev–Trinajstić information content (AvgIpc) is 2.20. The summed E-state index contributed by atoms with van der Waals surface area (Å²) in [7, 11) is 7.92. The van der Waals surface area contributed by atoms with Gasteiger partial charge < -0.3 is 19.5 Å². The average molecular weight is 230 g/mol. The number of hydrogen-bond donors (Lipinski definition) is 0. The molecule has 6 heteroatoms. The third kappa shape index (κ3) is 12.9. The third-order valence-corrected chi connectivity index (χ3v) is 1.60. The second-order valence-electron chi connectivity index (χ2n) is 3.78. The van der Waals surface area contributed by atoms with Gasteiger partial charge in [-0.05, 0) is 28.2 Å². The zero-order chi connectivity index (χ0) is 12.2. The highest BCUT2D eigenvalue weighted by Gasteiger charge is 1.88. The molecule has 0 amide bonds. The van der Waals surface area contributed by atoms with E-state index in [1.54, 1.807) is 0 Å². The first-order valence-corrected chi connectivity index (χ1v) is 5.21. The van der Waals surface area contributed by atoms with Crippen molar-refractivity contribution in [2.24, 2.45) is 10.3 Å². The summed E-state index contributed by atoms with van der Waals surface area (Å²) in [5, 5.41) is 7.37. The van der Waals surface area contributed by atoms with E-state index in [1.165, 1.54) is 12.4 Å². The Kier molecular flexibility index (Phi) is 9.64. The summed E-state index contributed by atoms with van der Waals surface area (Å²) in [6.45, 7) is 2.82. The monoisotopic (exact) mass is 230 g/mol. The van der Waals surface area contributed by atoms with Crippen LogP contribution >= 0.6 is 0 Å². The Morgan fingerprint density at radius 1 is 0.812 bits per heavy atom. The van der Waals surface area contributed by atoms with E-state index in [-0.39, 0.29) is 0 Å². The molecule has 0 aliphatic heterocycles. The van der Waals surface area contributed by atoms with Gasteiger partial charge in [0.05, 0.1) is 12.4 Å². The Labute approximate surface area is 97.5 Å². The van der Waals surface area contributed by atoms with Gasteiger partial charge in [-0.25, -0.2) is 0 Å². The first-order valence-electron chi connectivity index (χ1n) is 5.21. The SMILES string of the molecule is CN(C)CCO/N=C/C=N/OCCN(C)C. The molecule has 0 aromatic rings. The summed E-state index contributed by atoms with van der Waals surface area (Å²) in [6, 6.07) is 0. The van der Waals surface area contributed by atoms with E-state index in [1.807, 2.05) is 38.0 Å². The highest BCUT2D eigenvalue weighted by molar-refractivity contribution is 6.15. The summed E-state index contributed by atoms with van der Waals surface area (Å²) in [5.41, 5.74) is 0. The molecule has 0 radical (unpaired) electrons. The van der Waals surface area contributed by atoms with E-state index >= 15 is 0 Å². The number of nitrogens with zero attached hydrogens (tertiary/aromatic N) is 4. The van der Waals surface area contributed by atoms with Crippen molar-refractivity contribution in [3.05, 3.63) is 0 Å². The van der Waals surface area contributed by atoms with Gasteiger partial charge >= 0.3 is 0 Å². The van der Waals surface area contributed by atoms with E-state index in [0.29, 0.717) is 13.2 Å². The molecule has 0 spiro atoms. The highest BCUT2D eigenvalue weighted by Crippen LogP contribution is 1.79. The Morgan fingerprint density at radius 3 is 1.50 bits per heavy atom. The molecule has 0 saturated heterocycles. The molecular formula is C10H22N4O2. The van der Waals surface area contributed by atoms with Gasteiger partial charge in [-0.15, -0.1) is 0 Å². The summed E-state index contributed by atoms with van der Waals surface area (Å²) in [6.07, 6.45) is 2.93. The molecule has 0 fully saturated rings. The van der Waals surface area contributed by atoms with Crippen molar-refractivity contribution in [1.82, 2.24) is 9.80 Å². The maximum atomic E-state index is 4.96. The van der Waals surface area contributed by atoms with Gasteiger partial charge in [-0.1, -0.05) is 10.3 Å². The van der Waals surface area contributed by atoms with Crippen LogP contribution in [-0.2, 0) is 9.68 Å². The molecule has 0 unspecified atom stereocenters. The first-order chi connectivity index (χ1) is 7.63. The Hall–Kier alpha value is -1.14. The molecule has 0 aromatic heterocycles. The minimum Gasteiger partial charge on any atom is -0.394 e. The van der Waals surface area contributed by atoms with Gasteiger partial charge in [0.25, 0.3) is 0 Å². The maximum absolute atomic E-state index is 4.96. The Morgan fingerprint density at radius 2 is 1.19 bits per heavy atom. The van der Waals surface area contributed by atoms with Crippen LogP contribution < -0.4 is 0 Å². The normalized spacial score (nSPS) is 12.1. The quantitative estimate of drug-likeness (QED) is 0.320. The topological polar surface area (TPSA) is 49.7 Å². The summed E-state index contributed by atoms with van der Waals surface area (Å²) in [5.74, 6) is 0. The molecule has 0 saturated carbocycles. The minimum absolute atomic E-state index is 0.568. The van der Waals surface area contributed by atoms with Crippen molar-refractivity contribution < 1.29 is 9.68 Å². The lowest BCUT2D eigenvalue weighted by Crippen LogP contribution is -2.17. The van der Waals surface area contributed by atoms with Crippen LogP contribution in [0.3, 0.4) is 0 Å². The lowest BCUT2D eigenvalue weighted by molar-refractivity contribution is 0.125. The molecule has 0 rings (SSSR count). The Bertz CT molecular complexity index is 183. The first kappa shape index (κ1) is 14.9. The zero-order valence-corrected chi connectivity index (χ0v) is 10.6. The number of hydrogen-bond acceptors (Lipinski definition) is 6. The van der Waals surface area contributed by atoms with Crippen LogP contribution in [0.2, 0.25) is 0 Å². The van der Waals surface area contributed by atoms with Crippen LogP contribution in [0, 0.1) is 0 Å². The second-order valence-corrected chi connectivity index (χ2v) is 3.78. The van der Waals surface area contributed by atoms with Crippen LogP contribution in [0.1, 0.15) is 0 Å². The molecule has 16 heavy (non-hydrogen) atoms. The van der Waals surface area contributed by atoms with E-state index in [0.717, 1.165) is 13.1 Å². The van der Waals surface area contributed by atoms with Gasteiger partial charge in [-0.2, -0.15) is 0 Å². The van der Waals surface area contributed by atoms with Crippen LogP contribution in [0.15, 0.2) is 10.3 Å². The summed E-state index contributed by atoms with van der Waals surface area (Å²) in [4.78, 5) is 14.0. The highest BCUT2D eigenvalue weighted by atomic mass is 16.6. The standard InChI is InChI=1S/C10H22N4O2/c1-13(2)7-9-15-11-5-6-12-16-10-8-14(3)4/h5-6H,7-10H2,1-4H3/b11-5+,12-6+. The molecule has 0 aliphatic rings. The smallest absolute Gasteiger partial charge is 0.129 e. The van der Waals surface area contributed by atoms with E-state index in [2.05, 4.69) is 10.3 Å². The van der Waals surface area contributed by atoms with Crippen LogP contribution in [0.25, 0.3) is 0 Å². The number of likely N-dealkylation sites (N-methyl/N-ethyl adjacent to an activating group) is 2. The Balaban J connectivity index is 3.28. The number of oxime groups is 2. The molecular weight excluding hydrogens is 208 g/mol. The summed E-state index contributed by atoms with van der Waals surface area (Å²) >= 11 is 0. The van der Waals surface area contributed by atoms with Gasteiger partial charge in [0, 0.05) is 13.1 Å². The molecule has 0 aliphatic carbocycles. The van der Waals surface area contributed by atoms with Crippen LogP contribution in [0.4, 0.5) is 0 Å². The van der Waals surface area contributed by atoms with Crippen molar-refractivity contribution in [3.8, 4) is 0 Å². The van der Waals surface area contributed by atoms with E-state index in [4.69, 9.17) is 9.68 Å². The van der Waals surface area contributed by atoms with Crippen molar-refractivity contribution >= 4 is 12.4 Å². The lowest BCUT2D eigenvalue weighted by Gasteiger charge is -2.06. The molecule has 6 nitrogen and oxygen atoms in total. The van der Waals surface area contributed by atoms with Crippen LogP contribution in [0.5, 0.6) is 0 Å². The van der Waals surface area contributed by atoms with Gasteiger partial charge in [0.2, 0.25) is 0 Å². The predicted molar refractivity (Wildman–Crippen MR) is 66.0 cm³/mol. The lowest BCUT2D eigenvalue weighted by atomic mass is 10.6. The van der Waals surface area contributed by atoms with Crippen LogP contribution in [-0.4, -0.2) is 76.7 Å². The molecule has 94 valence electrons. The maximum Gasteiger partial charge on any atom is 0.129 e. The fraction of sp³-hybridized carbons (Fsp3) is 0.800. The fourth-order valence-electron chi connectivity index (χ4n) is 0.693. The largest absolute Gasteiger partial charge is 0.394 e. The third-order valence-electron chi connectivity index (χ3n) is 1.60. The minimum atomic E-state index is 0.568. The van der Waals surface area contributed by atoms with Crippen molar-refractivity contribution in [2.45, 2.75) is 0 Å². The molecule has 0 atom stereocenters. The van der Waals surface area contributed by atoms with Crippen molar-refractivity contribution in [1.29, 1.82) is 0 Å². The summed E-state index contributed by atoms with van der Waals surface area (Å²) < 4.78 is 0. The molecule has 0 bridgehead atoms. The number of rotatable bonds is 9. The van der Waals surface area contributed by atoms with Gasteiger partial charge in [0.1, 0.15) is 13.2 Å². The van der Waals surface area contributed by atoms with E-state index < -0.39 is 0 Å². The molecule has 0 aromatic carbocycles. The molecule has 0 heterocycles.